The van der Waals surface area contributed by atoms with Crippen LogP contribution in [0.3, 0.4) is 0 Å². The number of aliphatic hydroxyl groups excluding tert-OH is 1. The lowest BCUT2D eigenvalue weighted by Gasteiger charge is -2.69. The molecule has 6 atom stereocenters. The average molecular weight is 1430 g/mol. The van der Waals surface area contributed by atoms with Crippen molar-refractivity contribution in [3.63, 3.8) is 0 Å². The van der Waals surface area contributed by atoms with E-state index in [0.717, 1.165) is 150 Å². The molecule has 548 valence electrons. The maximum Gasteiger partial charge on any atom is 0.355 e. The first kappa shape index (κ1) is 74.4. The fraction of sp³-hybridized carbons (Fsp3) is 0.595. The van der Waals surface area contributed by atoms with Crippen LogP contribution in [0.4, 0.5) is 22.6 Å². The van der Waals surface area contributed by atoms with Crippen LogP contribution in [0.25, 0.3) is 31.8 Å². The number of aromatic nitrogens is 7. The Morgan fingerprint density at radius 1 is 0.804 bits per heavy atom. The molecule has 4 saturated carbocycles. The number of benzene rings is 2. The lowest BCUT2D eigenvalue weighted by atomic mass is 9.39. The van der Waals surface area contributed by atoms with Crippen LogP contribution in [-0.4, -0.2) is 155 Å². The molecule has 2 unspecified atom stereocenters. The number of pyridine rings is 1. The largest absolute Gasteiger partial charge is 0.476 e. The zero-order valence-corrected chi connectivity index (χ0v) is 63.3. The Bertz CT molecular complexity index is 4060. The number of carbonyl (C=O) groups excluding carboxylic acids is 3. The maximum atomic E-state index is 14.2. The van der Waals surface area contributed by atoms with Gasteiger partial charge in [0.05, 0.1) is 56.8 Å². The fourth-order valence-corrected chi connectivity index (χ4v) is 20.0. The minimum atomic E-state index is -1.09. The number of aryl methyl sites for hydroxylation is 1. The van der Waals surface area contributed by atoms with Crippen molar-refractivity contribution < 1.29 is 38.9 Å². The molecular weight excluding hydrogens is 1320 g/mol. The predicted octanol–water partition coefficient (Wildman–Crippen LogP) is 14.7. The van der Waals surface area contributed by atoms with E-state index < -0.39 is 35.5 Å². The van der Waals surface area contributed by atoms with Crippen LogP contribution < -0.4 is 20.9 Å². The summed E-state index contributed by atoms with van der Waals surface area (Å²) >= 11 is 3.16. The monoisotopic (exact) mass is 1430 g/mol. The Balaban J connectivity index is 0.525. The van der Waals surface area contributed by atoms with E-state index in [1.165, 1.54) is 62.7 Å². The number of nitrogens with zero attached hydrogens (tertiary/aromatic N) is 10. The Labute approximate surface area is 609 Å². The molecule has 5 aromatic heterocycles. The first-order valence-corrected chi connectivity index (χ1v) is 39.0. The summed E-state index contributed by atoms with van der Waals surface area (Å²) in [6.45, 7) is 23.1. The molecule has 1 saturated heterocycles. The number of aliphatic hydroxyl groups is 1. The molecule has 7 heterocycles. The number of likely N-dealkylation sites (tertiary alicyclic amines) is 1. The predicted molar refractivity (Wildman–Crippen MR) is 403 cm³/mol. The molecule has 0 radical (unpaired) electrons. The zero-order valence-electron chi connectivity index (χ0n) is 61.7. The van der Waals surface area contributed by atoms with E-state index in [1.54, 1.807) is 22.7 Å². The van der Waals surface area contributed by atoms with Crippen molar-refractivity contribution in [3.05, 3.63) is 106 Å². The fourth-order valence-electron chi connectivity index (χ4n) is 18.4. The van der Waals surface area contributed by atoms with Gasteiger partial charge in [0.1, 0.15) is 24.5 Å². The van der Waals surface area contributed by atoms with Gasteiger partial charge in [0.15, 0.2) is 22.5 Å². The van der Waals surface area contributed by atoms with E-state index >= 15 is 0 Å². The highest BCUT2D eigenvalue weighted by Crippen LogP contribution is 2.72. The van der Waals surface area contributed by atoms with E-state index in [0.29, 0.717) is 36.2 Å². The number of unbranched alkanes of at least 4 members (excludes halogenated alkanes) is 10. The Morgan fingerprint density at radius 3 is 2.20 bits per heavy atom. The number of thiazole rings is 2. The topological polar surface area (TPSA) is 255 Å². The van der Waals surface area contributed by atoms with Gasteiger partial charge in [-0.2, -0.15) is 5.10 Å². The number of fused-ring (bicyclic) bond motifs is 2. The van der Waals surface area contributed by atoms with Gasteiger partial charge in [-0.1, -0.05) is 140 Å². The molecule has 3 amide bonds. The number of nitrogens with one attached hydrogen (secondary N) is 3. The number of para-hydroxylation sites is 1. The molecule has 4 bridgehead atoms. The summed E-state index contributed by atoms with van der Waals surface area (Å²) in [7, 11) is 2.24. The summed E-state index contributed by atoms with van der Waals surface area (Å²) in [5.41, 5.74) is 9.57. The van der Waals surface area contributed by atoms with Crippen LogP contribution in [0.5, 0.6) is 0 Å². The van der Waals surface area contributed by atoms with Crippen molar-refractivity contribution in [1.29, 1.82) is 0 Å². The summed E-state index contributed by atoms with van der Waals surface area (Å²) in [4.78, 5) is 75.2. The van der Waals surface area contributed by atoms with Crippen molar-refractivity contribution in [1.82, 2.24) is 55.4 Å². The molecule has 2 aromatic carbocycles. The van der Waals surface area contributed by atoms with Gasteiger partial charge in [-0.05, 0) is 163 Å². The number of carboxylic acids is 1. The minimum Gasteiger partial charge on any atom is -0.476 e. The second-order valence-electron chi connectivity index (χ2n) is 32.4. The first-order valence-electron chi connectivity index (χ1n) is 37.3. The van der Waals surface area contributed by atoms with Crippen molar-refractivity contribution in [2.75, 3.05) is 63.3 Å². The summed E-state index contributed by atoms with van der Waals surface area (Å²) < 4.78 is 16.2. The number of anilines is 4. The van der Waals surface area contributed by atoms with E-state index in [-0.39, 0.29) is 65.0 Å². The van der Waals surface area contributed by atoms with Crippen molar-refractivity contribution in [2.45, 2.75) is 227 Å². The SMILES string of the molecule is Cc1ncsc1-c1ccc([C@H](C)NC(=O)[C@@H]2C[C@@H](O)CN2C(=O)[C@@H](NC(=O)COCCCCCCCCCCCCCN(C)CCOC23CC4(C)CC(C)(CC(Cn5ncc(-c6ccc(N7CCCc8c7nnc(Nc7nc9ccccc9s7)c8C)nc6C(=O)O)c5C)(C4)C2)C3)C(C)(C)C)cc1. The number of carboxylic acid groups (broad SMARTS) is 1. The minimum absolute atomic E-state index is 0.00753. The van der Waals surface area contributed by atoms with Gasteiger partial charge in [-0.25, -0.2) is 19.7 Å². The molecular formula is C79H107N13O8S2. The normalized spacial score (nSPS) is 22.9. The van der Waals surface area contributed by atoms with E-state index in [4.69, 9.17) is 29.6 Å². The first-order chi connectivity index (χ1) is 48.8. The van der Waals surface area contributed by atoms with Crippen molar-refractivity contribution in [3.8, 4) is 21.6 Å². The van der Waals surface area contributed by atoms with Gasteiger partial charge in [-0.3, -0.25) is 19.1 Å². The number of hydrogen-bond donors (Lipinski definition) is 5. The third kappa shape index (κ3) is 17.2. The molecule has 6 aliphatic rings. The van der Waals surface area contributed by atoms with Gasteiger partial charge >= 0.3 is 5.97 Å². The Kier molecular flexibility index (Phi) is 23.0. The van der Waals surface area contributed by atoms with Gasteiger partial charge in [0, 0.05) is 67.2 Å². The number of β-amino-alcohol motifs (C(OH)–C–C–N with tert-alkyl or cyclic N) is 1. The molecule has 2 aliphatic heterocycles. The van der Waals surface area contributed by atoms with Crippen LogP contribution in [0, 0.1) is 42.4 Å². The molecule has 5 N–H and O–H groups in total. The van der Waals surface area contributed by atoms with E-state index in [1.807, 2.05) is 113 Å². The van der Waals surface area contributed by atoms with Crippen LogP contribution >= 0.6 is 22.7 Å². The number of aromatic carboxylic acids is 1. The van der Waals surface area contributed by atoms with Gasteiger partial charge < -0.3 is 50.3 Å². The lowest BCUT2D eigenvalue weighted by molar-refractivity contribution is -0.248. The third-order valence-electron chi connectivity index (χ3n) is 22.3. The standard InChI is InChI=1S/C79H107N13O8S2/c1-51-58-25-24-35-90(70(58)88-87-69(51)86-74-83-61-26-20-21-27-63(61)102-74)64-33-32-59(66(84-64)73(97)98)60-40-81-92(54(60)4)49-78-44-76(8)43-77(9,45-78)47-79(46-76,48-78)100-38-36-89(10)34-22-18-16-14-12-11-13-15-17-19-23-37-99-42-65(94)85-68(75(5,6)7)72(96)91-41-57(93)39-62(91)71(95)82-52(2)55-28-30-56(31-29-55)67-53(3)80-50-101-67/h20-21,26-33,40,50,52,57,62,68,93H,11-19,22-25,34-39,41-49H2,1-10H3,(H,82,95)(H,85,94)(H,97,98)(H,83,86,87)/t52-,57+,62-,68+,76?,77?,78?,79?/m0/s1. The smallest absolute Gasteiger partial charge is 0.355 e. The molecule has 13 rings (SSSR count). The van der Waals surface area contributed by atoms with Gasteiger partial charge in [-0.15, -0.1) is 21.5 Å². The van der Waals surface area contributed by atoms with E-state index in [9.17, 15) is 29.4 Å². The van der Waals surface area contributed by atoms with Crippen LogP contribution in [0.15, 0.2) is 72.4 Å². The van der Waals surface area contributed by atoms with Gasteiger partial charge in [0.2, 0.25) is 17.7 Å². The highest BCUT2D eigenvalue weighted by molar-refractivity contribution is 7.22. The van der Waals surface area contributed by atoms with E-state index in [2.05, 4.69) is 69.5 Å². The molecule has 7 aromatic rings. The number of rotatable bonds is 33. The van der Waals surface area contributed by atoms with Crippen LogP contribution in [0.2, 0.25) is 0 Å². The summed E-state index contributed by atoms with van der Waals surface area (Å²) in [5.74, 6) is -0.327. The molecule has 102 heavy (non-hydrogen) atoms. The highest BCUT2D eigenvalue weighted by Gasteiger charge is 2.66. The Hall–Kier alpha value is -7.28. The average Bonchev–Trinajstić information content (AvgIpc) is 0.770. The van der Waals surface area contributed by atoms with Crippen molar-refractivity contribution in [2.24, 2.45) is 21.7 Å². The zero-order chi connectivity index (χ0) is 72.1. The summed E-state index contributed by atoms with van der Waals surface area (Å²) in [6, 6.07) is 17.7. The number of amides is 3. The van der Waals surface area contributed by atoms with Crippen molar-refractivity contribution >= 4 is 79.2 Å². The lowest BCUT2D eigenvalue weighted by Crippen LogP contribution is -2.64. The third-order valence-corrected chi connectivity index (χ3v) is 24.2. The summed E-state index contributed by atoms with van der Waals surface area (Å²) in [6.07, 6.45) is 22.3. The quantitative estimate of drug-likeness (QED) is 0.0240. The second kappa shape index (κ2) is 31.6. The number of carbonyl (C=O) groups is 4. The van der Waals surface area contributed by atoms with Crippen LogP contribution in [0.1, 0.15) is 208 Å². The highest BCUT2D eigenvalue weighted by atomic mass is 32.1. The number of hydrogen-bond acceptors (Lipinski definition) is 18. The van der Waals surface area contributed by atoms with Gasteiger partial charge in [0.25, 0.3) is 0 Å². The number of likely N-dealkylation sites (N-methyl/N-ethyl adjacent to an activating group) is 1. The Morgan fingerprint density at radius 2 is 1.51 bits per heavy atom. The number of ether oxygens (including phenoxy) is 2. The second-order valence-corrected chi connectivity index (χ2v) is 34.2. The molecule has 23 heteroatoms. The molecule has 0 spiro atoms. The molecule has 5 fully saturated rings. The maximum absolute atomic E-state index is 14.2. The van der Waals surface area contributed by atoms with Crippen LogP contribution in [-0.2, 0) is 36.8 Å². The molecule has 4 aliphatic carbocycles. The summed E-state index contributed by atoms with van der Waals surface area (Å²) in [5, 5.41) is 45.9. The molecule has 21 nitrogen and oxygen atoms in total.